The first-order valence-corrected chi connectivity index (χ1v) is 8.11. The van der Waals surface area contributed by atoms with Crippen molar-refractivity contribution in [2.24, 2.45) is 0 Å². The Kier molecular flexibility index (Phi) is 5.93. The molecule has 23 heavy (non-hydrogen) atoms. The summed E-state index contributed by atoms with van der Waals surface area (Å²) in [4.78, 5) is 25.3. The van der Waals surface area contributed by atoms with Gasteiger partial charge in [0.05, 0.1) is 0 Å². The SMILES string of the molecule is CN(C)C(=O)c1ccc(CCC(=O)Nc2ccc(Br)cc2)cc1. The quantitative estimate of drug-likeness (QED) is 0.866. The zero-order valence-electron chi connectivity index (χ0n) is 13.2. The minimum Gasteiger partial charge on any atom is -0.345 e. The number of carbonyl (C=O) groups excluding carboxylic acids is 2. The van der Waals surface area contributed by atoms with Crippen molar-refractivity contribution >= 4 is 33.4 Å². The van der Waals surface area contributed by atoms with Crippen molar-refractivity contribution in [1.29, 1.82) is 0 Å². The van der Waals surface area contributed by atoms with Gasteiger partial charge in [-0.25, -0.2) is 0 Å². The molecule has 4 nitrogen and oxygen atoms in total. The van der Waals surface area contributed by atoms with Crippen LogP contribution in [-0.2, 0) is 11.2 Å². The van der Waals surface area contributed by atoms with Crippen LogP contribution in [0.25, 0.3) is 0 Å². The van der Waals surface area contributed by atoms with Gasteiger partial charge in [0, 0.05) is 36.2 Å². The number of benzene rings is 2. The Hall–Kier alpha value is -2.14. The van der Waals surface area contributed by atoms with Crippen LogP contribution in [0.5, 0.6) is 0 Å². The highest BCUT2D eigenvalue weighted by Gasteiger charge is 2.08. The van der Waals surface area contributed by atoms with E-state index in [1.165, 1.54) is 0 Å². The summed E-state index contributed by atoms with van der Waals surface area (Å²) in [6.07, 6.45) is 1.04. The van der Waals surface area contributed by atoms with Gasteiger partial charge in [0.25, 0.3) is 5.91 Å². The average Bonchev–Trinajstić information content (AvgIpc) is 2.55. The second-order valence-electron chi connectivity index (χ2n) is 5.45. The average molecular weight is 375 g/mol. The molecule has 2 rings (SSSR count). The van der Waals surface area contributed by atoms with Crippen LogP contribution in [0.4, 0.5) is 5.69 Å². The number of rotatable bonds is 5. The molecular formula is C18H19BrN2O2. The van der Waals surface area contributed by atoms with Crippen molar-refractivity contribution in [3.63, 3.8) is 0 Å². The van der Waals surface area contributed by atoms with E-state index in [4.69, 9.17) is 0 Å². The van der Waals surface area contributed by atoms with Crippen LogP contribution >= 0.6 is 15.9 Å². The molecule has 0 aliphatic rings. The van der Waals surface area contributed by atoms with Gasteiger partial charge in [-0.15, -0.1) is 0 Å². The molecule has 120 valence electrons. The first-order valence-electron chi connectivity index (χ1n) is 7.32. The Morgan fingerprint density at radius 1 is 1.00 bits per heavy atom. The molecule has 0 unspecified atom stereocenters. The fourth-order valence-corrected chi connectivity index (χ4v) is 2.35. The minimum absolute atomic E-state index is 0.0236. The van der Waals surface area contributed by atoms with Crippen LogP contribution in [0.1, 0.15) is 22.3 Å². The second-order valence-corrected chi connectivity index (χ2v) is 6.37. The third kappa shape index (κ3) is 5.21. The predicted octanol–water partition coefficient (Wildman–Crippen LogP) is 3.72. The molecule has 2 aromatic rings. The van der Waals surface area contributed by atoms with Crippen molar-refractivity contribution in [3.8, 4) is 0 Å². The van der Waals surface area contributed by atoms with Gasteiger partial charge in [-0.1, -0.05) is 28.1 Å². The van der Waals surface area contributed by atoms with Crippen molar-refractivity contribution in [1.82, 2.24) is 4.90 Å². The highest BCUT2D eigenvalue weighted by molar-refractivity contribution is 9.10. The van der Waals surface area contributed by atoms with Crippen molar-refractivity contribution in [2.45, 2.75) is 12.8 Å². The summed E-state index contributed by atoms with van der Waals surface area (Å²) in [7, 11) is 3.45. The number of halogens is 1. The van der Waals surface area contributed by atoms with E-state index in [0.717, 1.165) is 15.7 Å². The molecule has 0 aliphatic carbocycles. The number of nitrogens with zero attached hydrogens (tertiary/aromatic N) is 1. The van der Waals surface area contributed by atoms with Crippen molar-refractivity contribution < 1.29 is 9.59 Å². The number of nitrogens with one attached hydrogen (secondary N) is 1. The number of aryl methyl sites for hydroxylation is 1. The van der Waals surface area contributed by atoms with Crippen LogP contribution < -0.4 is 5.32 Å². The summed E-state index contributed by atoms with van der Waals surface area (Å²) in [6, 6.07) is 14.8. The van der Waals surface area contributed by atoms with Gasteiger partial charge in [0.15, 0.2) is 0 Å². The Bertz CT molecular complexity index is 679. The zero-order valence-corrected chi connectivity index (χ0v) is 14.8. The van der Waals surface area contributed by atoms with Crippen LogP contribution in [0.15, 0.2) is 53.0 Å². The maximum absolute atomic E-state index is 12.0. The van der Waals surface area contributed by atoms with Crippen molar-refractivity contribution in [3.05, 3.63) is 64.1 Å². The molecule has 0 spiro atoms. The van der Waals surface area contributed by atoms with Gasteiger partial charge >= 0.3 is 0 Å². The van der Waals surface area contributed by atoms with Gasteiger partial charge in [0.2, 0.25) is 5.91 Å². The Morgan fingerprint density at radius 2 is 1.61 bits per heavy atom. The highest BCUT2D eigenvalue weighted by atomic mass is 79.9. The molecule has 1 N–H and O–H groups in total. The summed E-state index contributed by atoms with van der Waals surface area (Å²) in [6.45, 7) is 0. The second kappa shape index (κ2) is 7.92. The molecular weight excluding hydrogens is 356 g/mol. The molecule has 0 saturated heterocycles. The molecule has 0 fully saturated rings. The van der Waals surface area contributed by atoms with E-state index in [2.05, 4.69) is 21.2 Å². The molecule has 0 bridgehead atoms. The molecule has 2 aromatic carbocycles. The first kappa shape index (κ1) is 17.2. The van der Waals surface area contributed by atoms with Crippen LogP contribution in [0.2, 0.25) is 0 Å². The third-order valence-electron chi connectivity index (χ3n) is 3.38. The largest absolute Gasteiger partial charge is 0.345 e. The van der Waals surface area contributed by atoms with E-state index in [1.54, 1.807) is 31.1 Å². The summed E-state index contributed by atoms with van der Waals surface area (Å²) in [5.74, 6) is -0.0506. The van der Waals surface area contributed by atoms with E-state index >= 15 is 0 Å². The Balaban J connectivity index is 1.86. The summed E-state index contributed by atoms with van der Waals surface area (Å²) >= 11 is 3.36. The zero-order chi connectivity index (χ0) is 16.8. The van der Waals surface area contributed by atoms with Crippen LogP contribution in [-0.4, -0.2) is 30.8 Å². The lowest BCUT2D eigenvalue weighted by atomic mass is 10.1. The van der Waals surface area contributed by atoms with Crippen molar-refractivity contribution in [2.75, 3.05) is 19.4 Å². The molecule has 0 atom stereocenters. The van der Waals surface area contributed by atoms with Gasteiger partial charge in [-0.3, -0.25) is 9.59 Å². The van der Waals surface area contributed by atoms with E-state index in [9.17, 15) is 9.59 Å². The lowest BCUT2D eigenvalue weighted by molar-refractivity contribution is -0.116. The normalized spacial score (nSPS) is 10.2. The van der Waals surface area contributed by atoms with Gasteiger partial charge in [0.1, 0.15) is 0 Å². The highest BCUT2D eigenvalue weighted by Crippen LogP contribution is 2.15. The molecule has 0 aliphatic heterocycles. The Labute approximate surface area is 144 Å². The van der Waals surface area contributed by atoms with Gasteiger partial charge < -0.3 is 10.2 Å². The van der Waals surface area contributed by atoms with Gasteiger partial charge in [-0.05, 0) is 48.4 Å². The molecule has 0 radical (unpaired) electrons. The Morgan fingerprint density at radius 3 is 2.17 bits per heavy atom. The van der Waals surface area contributed by atoms with Crippen LogP contribution in [0.3, 0.4) is 0 Å². The molecule has 2 amide bonds. The number of amides is 2. The maximum Gasteiger partial charge on any atom is 0.253 e. The first-order chi connectivity index (χ1) is 11.0. The van der Waals surface area contributed by atoms with E-state index < -0.39 is 0 Å². The monoisotopic (exact) mass is 374 g/mol. The smallest absolute Gasteiger partial charge is 0.253 e. The number of hydrogen-bond donors (Lipinski definition) is 1. The standard InChI is InChI=1S/C18H19BrN2O2/c1-21(2)18(23)14-6-3-13(4-7-14)5-12-17(22)20-16-10-8-15(19)9-11-16/h3-4,6-11H,5,12H2,1-2H3,(H,20,22). The predicted molar refractivity (Wildman–Crippen MR) is 95.6 cm³/mol. The van der Waals surface area contributed by atoms with Crippen LogP contribution in [0, 0.1) is 0 Å². The van der Waals surface area contributed by atoms with E-state index in [0.29, 0.717) is 18.4 Å². The third-order valence-corrected chi connectivity index (χ3v) is 3.90. The lowest BCUT2D eigenvalue weighted by Gasteiger charge is -2.10. The lowest BCUT2D eigenvalue weighted by Crippen LogP contribution is -2.21. The number of hydrogen-bond acceptors (Lipinski definition) is 2. The van der Waals surface area contributed by atoms with Gasteiger partial charge in [-0.2, -0.15) is 0 Å². The number of carbonyl (C=O) groups is 2. The fraction of sp³-hybridized carbons (Fsp3) is 0.222. The van der Waals surface area contributed by atoms with E-state index in [-0.39, 0.29) is 11.8 Å². The molecule has 0 heterocycles. The summed E-state index contributed by atoms with van der Waals surface area (Å²) in [5.41, 5.74) is 2.47. The fourth-order valence-electron chi connectivity index (χ4n) is 2.09. The summed E-state index contributed by atoms with van der Waals surface area (Å²) in [5, 5.41) is 2.86. The minimum atomic E-state index is -0.0271. The molecule has 0 aromatic heterocycles. The maximum atomic E-state index is 12.0. The molecule has 5 heteroatoms. The van der Waals surface area contributed by atoms with E-state index in [1.807, 2.05) is 36.4 Å². The summed E-state index contributed by atoms with van der Waals surface area (Å²) < 4.78 is 0.975. The topological polar surface area (TPSA) is 49.4 Å². The number of anilines is 1. The molecule has 0 saturated carbocycles.